The molecule has 0 unspecified atom stereocenters. The molecule has 0 aliphatic carbocycles. The van der Waals surface area contributed by atoms with E-state index in [2.05, 4.69) is 15.0 Å². The van der Waals surface area contributed by atoms with Gasteiger partial charge in [-0.15, -0.1) is 0 Å². The Hall–Kier alpha value is -4.25. The monoisotopic (exact) mass is 694 g/mol. The lowest BCUT2D eigenvalue weighted by atomic mass is 10.1. The average Bonchev–Trinajstić information content (AvgIpc) is 3.64. The van der Waals surface area contributed by atoms with Crippen molar-refractivity contribution in [1.82, 2.24) is 19.6 Å². The summed E-state index contributed by atoms with van der Waals surface area (Å²) in [6.07, 6.45) is 2.96. The molecular weight excluding hydrogens is 659 g/mol. The summed E-state index contributed by atoms with van der Waals surface area (Å²) in [5.74, 6) is -0.713. The van der Waals surface area contributed by atoms with E-state index in [4.69, 9.17) is 27.9 Å². The lowest BCUT2D eigenvalue weighted by Gasteiger charge is -2.11. The molecule has 0 radical (unpaired) electrons. The molecule has 2 heterocycles. The molecule has 0 atom stereocenters. The van der Waals surface area contributed by atoms with Crippen LogP contribution in [-0.4, -0.2) is 48.7 Å². The number of hydrogen-bond acceptors (Lipinski definition) is 5. The Morgan fingerprint density at radius 1 is 0.915 bits per heavy atom. The number of aromatic nitrogens is 2. The summed E-state index contributed by atoms with van der Waals surface area (Å²) in [6, 6.07) is 22.2. The molecule has 12 heteroatoms. The molecule has 3 N–H and O–H groups in total. The van der Waals surface area contributed by atoms with Crippen LogP contribution in [0.2, 0.25) is 10.0 Å². The van der Waals surface area contributed by atoms with Crippen LogP contribution >= 0.6 is 23.2 Å². The van der Waals surface area contributed by atoms with Gasteiger partial charge in [-0.2, -0.15) is 0 Å². The van der Waals surface area contributed by atoms with E-state index in [1.807, 2.05) is 67.1 Å². The quantitative estimate of drug-likeness (QED) is 0.110. The molecule has 0 fully saturated rings. The highest BCUT2D eigenvalue weighted by Crippen LogP contribution is 2.28. The first-order valence-electron chi connectivity index (χ1n) is 15.2. The van der Waals surface area contributed by atoms with Gasteiger partial charge in [0, 0.05) is 40.2 Å². The van der Waals surface area contributed by atoms with Gasteiger partial charge in [0.1, 0.15) is 17.1 Å². The summed E-state index contributed by atoms with van der Waals surface area (Å²) in [7, 11) is -4.00. The fourth-order valence-electron chi connectivity index (χ4n) is 5.45. The average molecular weight is 696 g/mol. The normalized spacial score (nSPS) is 11.5. The Morgan fingerprint density at radius 2 is 1.66 bits per heavy atom. The van der Waals surface area contributed by atoms with Gasteiger partial charge in [-0.1, -0.05) is 59.6 Å². The number of hydrogen-bond donors (Lipinski definition) is 3. The van der Waals surface area contributed by atoms with Crippen molar-refractivity contribution in [3.05, 3.63) is 123 Å². The van der Waals surface area contributed by atoms with Gasteiger partial charge in [-0.25, -0.2) is 13.1 Å². The van der Waals surface area contributed by atoms with Crippen molar-refractivity contribution in [3.63, 3.8) is 0 Å². The number of amides is 2. The highest BCUT2D eigenvalue weighted by atomic mass is 35.5. The Morgan fingerprint density at radius 3 is 2.40 bits per heavy atom. The Labute approximate surface area is 284 Å². The van der Waals surface area contributed by atoms with Gasteiger partial charge in [0.05, 0.1) is 12.4 Å². The summed E-state index contributed by atoms with van der Waals surface area (Å²) in [5.41, 5.74) is 4.81. The van der Waals surface area contributed by atoms with Crippen LogP contribution in [0.25, 0.3) is 10.9 Å². The van der Waals surface area contributed by atoms with Gasteiger partial charge < -0.3 is 19.6 Å². The lowest BCUT2D eigenvalue weighted by molar-refractivity contribution is 0.0942. The minimum absolute atomic E-state index is 0.115. The van der Waals surface area contributed by atoms with Gasteiger partial charge in [0.25, 0.3) is 11.8 Å². The number of fused-ring (bicyclic) bond motifs is 1. The highest BCUT2D eigenvalue weighted by Gasteiger charge is 2.22. The highest BCUT2D eigenvalue weighted by molar-refractivity contribution is 7.90. The molecule has 2 amide bonds. The van der Waals surface area contributed by atoms with Gasteiger partial charge in [-0.3, -0.25) is 9.59 Å². The number of ether oxygens (including phenoxy) is 1. The minimum Gasteiger partial charge on any atom is -0.494 e. The predicted molar refractivity (Wildman–Crippen MR) is 186 cm³/mol. The molecule has 0 spiro atoms. The summed E-state index contributed by atoms with van der Waals surface area (Å²) < 4.78 is 35.8. The second-order valence-electron chi connectivity index (χ2n) is 11.4. The molecule has 2 aromatic heterocycles. The molecule has 246 valence electrons. The van der Waals surface area contributed by atoms with Crippen LogP contribution in [0.15, 0.2) is 79.0 Å². The van der Waals surface area contributed by atoms with Crippen LogP contribution < -0.4 is 14.8 Å². The molecule has 5 aromatic rings. The fraction of sp³-hybridized carbons (Fsp3) is 0.257. The first-order valence-corrected chi connectivity index (χ1v) is 17.6. The van der Waals surface area contributed by atoms with E-state index in [0.717, 1.165) is 22.1 Å². The first-order chi connectivity index (χ1) is 22.5. The second-order valence-corrected chi connectivity index (χ2v) is 14.0. The number of aromatic amines is 1. The third-order valence-corrected chi connectivity index (χ3v) is 9.88. The van der Waals surface area contributed by atoms with E-state index < -0.39 is 15.9 Å². The number of nitrogens with one attached hydrogen (secondary N) is 3. The number of sulfonamides is 1. The van der Waals surface area contributed by atoms with Crippen LogP contribution in [-0.2, 0) is 23.0 Å². The topological polar surface area (TPSA) is 122 Å². The number of aryl methyl sites for hydroxylation is 3. The van der Waals surface area contributed by atoms with Crippen molar-refractivity contribution in [3.8, 4) is 5.75 Å². The van der Waals surface area contributed by atoms with E-state index in [9.17, 15) is 18.0 Å². The molecule has 3 aromatic carbocycles. The summed E-state index contributed by atoms with van der Waals surface area (Å²) in [4.78, 5) is 29.2. The van der Waals surface area contributed by atoms with Gasteiger partial charge in [0.15, 0.2) is 0 Å². The Kier molecular flexibility index (Phi) is 11.0. The van der Waals surface area contributed by atoms with Crippen molar-refractivity contribution in [1.29, 1.82) is 0 Å². The van der Waals surface area contributed by atoms with Crippen molar-refractivity contribution in [2.24, 2.45) is 0 Å². The molecule has 0 bridgehead atoms. The van der Waals surface area contributed by atoms with Gasteiger partial charge in [0.2, 0.25) is 10.0 Å². The maximum absolute atomic E-state index is 13.3. The smallest absolute Gasteiger partial charge is 0.281 e. The van der Waals surface area contributed by atoms with Crippen LogP contribution in [0.4, 0.5) is 0 Å². The minimum atomic E-state index is -4.00. The maximum atomic E-state index is 13.3. The number of benzene rings is 3. The van der Waals surface area contributed by atoms with E-state index >= 15 is 0 Å². The SMILES string of the molecule is Cc1cc(OCCCc2c(C(=O)NS(=O)(=O)CCCNC(=O)c3cccn3Cc3ccccc3)[nH]c3cc(Cl)ccc23)cc(C)c1Cl. The molecule has 0 saturated heterocycles. The van der Waals surface area contributed by atoms with Gasteiger partial charge in [-0.05, 0) is 91.8 Å². The number of nitrogens with zero attached hydrogens (tertiary/aromatic N) is 1. The van der Waals surface area contributed by atoms with E-state index in [1.54, 1.807) is 30.3 Å². The molecule has 0 saturated carbocycles. The standard InChI is InChI=1S/C35H36Cl2N4O5S/c1-23-19-27(20-24(2)32(23)37)46-17-7-11-29-28-14-13-26(36)21-30(28)39-33(29)35(43)40-47(44,45)18-8-15-38-34(42)31-12-6-16-41(31)22-25-9-4-3-5-10-25/h3-6,9-10,12-14,16,19-21,39H,7-8,11,15,17-18,22H2,1-2H3,(H,38,42)(H,40,43). The van der Waals surface area contributed by atoms with Crippen LogP contribution in [0, 0.1) is 13.8 Å². The van der Waals surface area contributed by atoms with E-state index in [1.165, 1.54) is 0 Å². The number of rotatable bonds is 14. The largest absolute Gasteiger partial charge is 0.494 e. The van der Waals surface area contributed by atoms with Crippen molar-refractivity contribution in [2.45, 2.75) is 39.7 Å². The molecular formula is C35H36Cl2N4O5S. The number of carbonyl (C=O) groups is 2. The zero-order valence-electron chi connectivity index (χ0n) is 26.1. The summed E-state index contributed by atoms with van der Waals surface area (Å²) in [5, 5.41) is 4.74. The zero-order valence-corrected chi connectivity index (χ0v) is 28.4. The molecule has 0 aliphatic heterocycles. The Bertz CT molecular complexity index is 1980. The summed E-state index contributed by atoms with van der Waals surface area (Å²) >= 11 is 12.5. The fourth-order valence-corrected chi connectivity index (χ4v) is 6.74. The molecule has 47 heavy (non-hydrogen) atoms. The third-order valence-electron chi connectivity index (χ3n) is 7.73. The van der Waals surface area contributed by atoms with Crippen LogP contribution in [0.5, 0.6) is 5.75 Å². The third kappa shape index (κ3) is 8.77. The first kappa shape index (κ1) is 34.1. The van der Waals surface area contributed by atoms with Gasteiger partial charge >= 0.3 is 0 Å². The second kappa shape index (κ2) is 15.1. The molecule has 5 rings (SSSR count). The van der Waals surface area contributed by atoms with E-state index in [0.29, 0.717) is 58.6 Å². The number of H-pyrrole nitrogens is 1. The van der Waals surface area contributed by atoms with Crippen molar-refractivity contribution in [2.75, 3.05) is 18.9 Å². The Balaban J connectivity index is 1.17. The van der Waals surface area contributed by atoms with Crippen LogP contribution in [0.3, 0.4) is 0 Å². The van der Waals surface area contributed by atoms with Crippen LogP contribution in [0.1, 0.15) is 56.1 Å². The molecule has 0 aliphatic rings. The lowest BCUT2D eigenvalue weighted by Crippen LogP contribution is -2.35. The maximum Gasteiger partial charge on any atom is 0.281 e. The van der Waals surface area contributed by atoms with Crippen molar-refractivity contribution >= 4 is 55.9 Å². The zero-order chi connectivity index (χ0) is 33.6. The predicted octanol–water partition coefficient (Wildman–Crippen LogP) is 6.83. The molecule has 9 nitrogen and oxygen atoms in total. The van der Waals surface area contributed by atoms with Crippen molar-refractivity contribution < 1.29 is 22.7 Å². The number of halogens is 2. The summed E-state index contributed by atoms with van der Waals surface area (Å²) in [6.45, 7) is 4.87. The van der Waals surface area contributed by atoms with E-state index in [-0.39, 0.29) is 30.3 Å². The number of carbonyl (C=O) groups excluding carboxylic acids is 2.